The van der Waals surface area contributed by atoms with Gasteiger partial charge in [-0.2, -0.15) is 0 Å². The Labute approximate surface area is 111 Å². The second-order valence-corrected chi connectivity index (χ2v) is 5.35. The molecule has 2 rings (SSSR count). The van der Waals surface area contributed by atoms with Crippen molar-refractivity contribution in [1.82, 2.24) is 5.32 Å². The molecular formula is C16H25NO. The first-order valence-electron chi connectivity index (χ1n) is 7.18. The fourth-order valence-electron chi connectivity index (χ4n) is 2.64. The molecule has 0 aliphatic carbocycles. The number of hydrogen-bond donors (Lipinski definition) is 1. The third-order valence-electron chi connectivity index (χ3n) is 3.80. The van der Waals surface area contributed by atoms with Gasteiger partial charge in [-0.25, -0.2) is 0 Å². The van der Waals surface area contributed by atoms with Crippen LogP contribution in [0.5, 0.6) is 5.75 Å². The largest absolute Gasteiger partial charge is 0.488 e. The van der Waals surface area contributed by atoms with Crippen LogP contribution in [0.1, 0.15) is 55.8 Å². The smallest absolute Gasteiger partial charge is 0.125 e. The lowest BCUT2D eigenvalue weighted by Gasteiger charge is -2.19. The maximum Gasteiger partial charge on any atom is 0.125 e. The van der Waals surface area contributed by atoms with E-state index in [9.17, 15) is 0 Å². The van der Waals surface area contributed by atoms with Crippen molar-refractivity contribution in [2.24, 2.45) is 0 Å². The Morgan fingerprint density at radius 2 is 1.83 bits per heavy atom. The molecule has 1 N–H and O–H groups in total. The molecule has 2 nitrogen and oxygen atoms in total. The predicted molar refractivity (Wildman–Crippen MR) is 76.3 cm³/mol. The molecule has 1 heterocycles. The van der Waals surface area contributed by atoms with Gasteiger partial charge in [0.05, 0.1) is 6.04 Å². The predicted octanol–water partition coefficient (Wildman–Crippen LogP) is 3.91. The Morgan fingerprint density at radius 3 is 2.50 bits per heavy atom. The van der Waals surface area contributed by atoms with Crippen LogP contribution in [0.3, 0.4) is 0 Å². The van der Waals surface area contributed by atoms with Gasteiger partial charge in [0.15, 0.2) is 0 Å². The summed E-state index contributed by atoms with van der Waals surface area (Å²) >= 11 is 0. The standard InChI is InChI=1S/C16H25NO/c1-5-7-14-16(17-8-6-2)13-9-11(3)12(4)10-15(13)18-14/h9-10,14,16-17H,5-8H2,1-4H3. The summed E-state index contributed by atoms with van der Waals surface area (Å²) in [6, 6.07) is 4.87. The van der Waals surface area contributed by atoms with Crippen molar-refractivity contribution in [3.63, 3.8) is 0 Å². The summed E-state index contributed by atoms with van der Waals surface area (Å²) in [5, 5.41) is 3.64. The topological polar surface area (TPSA) is 21.3 Å². The minimum Gasteiger partial charge on any atom is -0.488 e. The summed E-state index contributed by atoms with van der Waals surface area (Å²) in [6.07, 6.45) is 3.75. The quantitative estimate of drug-likeness (QED) is 0.852. The SMILES string of the molecule is CCCNC1c2cc(C)c(C)cc2OC1CCC. The summed E-state index contributed by atoms with van der Waals surface area (Å²) in [4.78, 5) is 0. The molecule has 100 valence electrons. The minimum atomic E-state index is 0.303. The van der Waals surface area contributed by atoms with Crippen molar-refractivity contribution >= 4 is 0 Å². The molecule has 0 aromatic heterocycles. The number of rotatable bonds is 5. The van der Waals surface area contributed by atoms with Crippen molar-refractivity contribution in [2.75, 3.05) is 6.54 Å². The van der Waals surface area contributed by atoms with Crippen molar-refractivity contribution in [3.05, 3.63) is 28.8 Å². The van der Waals surface area contributed by atoms with Crippen molar-refractivity contribution in [2.45, 2.75) is 59.1 Å². The summed E-state index contributed by atoms with van der Waals surface area (Å²) in [5.41, 5.74) is 4.03. The van der Waals surface area contributed by atoms with Gasteiger partial charge in [0, 0.05) is 5.56 Å². The Bertz CT molecular complexity index is 414. The third-order valence-corrected chi connectivity index (χ3v) is 3.80. The van der Waals surface area contributed by atoms with Gasteiger partial charge in [-0.3, -0.25) is 0 Å². The van der Waals surface area contributed by atoms with Gasteiger partial charge in [0.1, 0.15) is 11.9 Å². The van der Waals surface area contributed by atoms with E-state index < -0.39 is 0 Å². The van der Waals surface area contributed by atoms with E-state index in [1.165, 1.54) is 23.1 Å². The van der Waals surface area contributed by atoms with Crippen LogP contribution in [0.2, 0.25) is 0 Å². The molecule has 0 bridgehead atoms. The Balaban J connectivity index is 2.27. The van der Waals surface area contributed by atoms with Gasteiger partial charge >= 0.3 is 0 Å². The fourth-order valence-corrected chi connectivity index (χ4v) is 2.64. The van der Waals surface area contributed by atoms with Gasteiger partial charge in [0.25, 0.3) is 0 Å². The number of fused-ring (bicyclic) bond motifs is 1. The number of aryl methyl sites for hydroxylation is 2. The van der Waals surface area contributed by atoms with Gasteiger partial charge in [-0.1, -0.05) is 26.3 Å². The number of nitrogens with one attached hydrogen (secondary N) is 1. The third kappa shape index (κ3) is 2.54. The highest BCUT2D eigenvalue weighted by Gasteiger charge is 2.33. The molecule has 18 heavy (non-hydrogen) atoms. The highest BCUT2D eigenvalue weighted by atomic mass is 16.5. The lowest BCUT2D eigenvalue weighted by Crippen LogP contribution is -2.31. The van der Waals surface area contributed by atoms with E-state index in [1.54, 1.807) is 0 Å². The zero-order valence-electron chi connectivity index (χ0n) is 12.0. The first kappa shape index (κ1) is 13.4. The molecule has 2 unspecified atom stereocenters. The molecule has 0 spiro atoms. The Hall–Kier alpha value is -1.02. The van der Waals surface area contributed by atoms with Gasteiger partial charge < -0.3 is 10.1 Å². The van der Waals surface area contributed by atoms with Crippen LogP contribution < -0.4 is 10.1 Å². The van der Waals surface area contributed by atoms with Gasteiger partial charge in [-0.05, 0) is 50.4 Å². The molecule has 1 aliphatic rings. The number of hydrogen-bond acceptors (Lipinski definition) is 2. The Kier molecular flexibility index (Phi) is 4.28. The second-order valence-electron chi connectivity index (χ2n) is 5.35. The summed E-state index contributed by atoms with van der Waals surface area (Å²) < 4.78 is 6.13. The van der Waals surface area contributed by atoms with Crippen LogP contribution in [0.25, 0.3) is 0 Å². The molecular weight excluding hydrogens is 222 g/mol. The number of ether oxygens (including phenoxy) is 1. The van der Waals surface area contributed by atoms with E-state index in [0.717, 1.165) is 25.1 Å². The molecule has 1 aliphatic heterocycles. The van der Waals surface area contributed by atoms with Crippen LogP contribution in [-0.4, -0.2) is 12.6 Å². The lowest BCUT2D eigenvalue weighted by atomic mass is 9.97. The maximum absolute atomic E-state index is 6.13. The summed E-state index contributed by atoms with van der Waals surface area (Å²) in [5.74, 6) is 1.09. The zero-order valence-corrected chi connectivity index (χ0v) is 12.0. The summed E-state index contributed by atoms with van der Waals surface area (Å²) in [6.45, 7) is 9.82. The molecule has 0 fully saturated rings. The highest BCUT2D eigenvalue weighted by Crippen LogP contribution is 2.39. The maximum atomic E-state index is 6.13. The van der Waals surface area contributed by atoms with Crippen LogP contribution in [0.4, 0.5) is 0 Å². The van der Waals surface area contributed by atoms with Crippen LogP contribution >= 0.6 is 0 Å². The monoisotopic (exact) mass is 247 g/mol. The van der Waals surface area contributed by atoms with E-state index in [1.807, 2.05) is 0 Å². The number of benzene rings is 1. The molecule has 2 heteroatoms. The van der Waals surface area contributed by atoms with E-state index >= 15 is 0 Å². The van der Waals surface area contributed by atoms with Crippen LogP contribution in [0, 0.1) is 13.8 Å². The Morgan fingerprint density at radius 1 is 1.11 bits per heavy atom. The zero-order chi connectivity index (χ0) is 13.1. The van der Waals surface area contributed by atoms with Gasteiger partial charge in [-0.15, -0.1) is 0 Å². The summed E-state index contributed by atoms with van der Waals surface area (Å²) in [7, 11) is 0. The van der Waals surface area contributed by atoms with Crippen LogP contribution in [0.15, 0.2) is 12.1 Å². The fraction of sp³-hybridized carbons (Fsp3) is 0.625. The van der Waals surface area contributed by atoms with Crippen molar-refractivity contribution in [1.29, 1.82) is 0 Å². The van der Waals surface area contributed by atoms with E-state index in [0.29, 0.717) is 12.1 Å². The second kappa shape index (κ2) is 5.75. The van der Waals surface area contributed by atoms with E-state index in [-0.39, 0.29) is 0 Å². The van der Waals surface area contributed by atoms with E-state index in [2.05, 4.69) is 45.1 Å². The molecule has 0 saturated carbocycles. The molecule has 0 saturated heterocycles. The molecule has 0 radical (unpaired) electrons. The molecule has 2 atom stereocenters. The average Bonchev–Trinajstić information content (AvgIpc) is 2.65. The lowest BCUT2D eigenvalue weighted by molar-refractivity contribution is 0.178. The van der Waals surface area contributed by atoms with Gasteiger partial charge in [0.2, 0.25) is 0 Å². The average molecular weight is 247 g/mol. The van der Waals surface area contributed by atoms with Crippen molar-refractivity contribution in [3.8, 4) is 5.75 Å². The highest BCUT2D eigenvalue weighted by molar-refractivity contribution is 5.46. The minimum absolute atomic E-state index is 0.303. The van der Waals surface area contributed by atoms with Crippen molar-refractivity contribution < 1.29 is 4.74 Å². The first-order valence-corrected chi connectivity index (χ1v) is 7.18. The normalized spacial score (nSPS) is 21.8. The van der Waals surface area contributed by atoms with Crippen LogP contribution in [-0.2, 0) is 0 Å². The molecule has 0 amide bonds. The first-order chi connectivity index (χ1) is 8.67. The van der Waals surface area contributed by atoms with E-state index in [4.69, 9.17) is 4.74 Å². The molecule has 1 aromatic rings. The molecule has 1 aromatic carbocycles.